The Morgan fingerprint density at radius 3 is 3.20 bits per heavy atom. The molecule has 15 heavy (non-hydrogen) atoms. The van der Waals surface area contributed by atoms with Crippen LogP contribution in [0.25, 0.3) is 5.52 Å². The lowest BCUT2D eigenvalue weighted by molar-refractivity contribution is 0.890. The fourth-order valence-electron chi connectivity index (χ4n) is 1.49. The number of nitrogens with zero attached hydrogens (tertiary/aromatic N) is 3. The van der Waals surface area contributed by atoms with Crippen LogP contribution in [-0.2, 0) is 0 Å². The molecule has 2 heterocycles. The van der Waals surface area contributed by atoms with E-state index in [9.17, 15) is 0 Å². The predicted molar refractivity (Wildman–Crippen MR) is 64.5 cm³/mol. The number of nitrogens with one attached hydrogen (secondary N) is 1. The highest BCUT2D eigenvalue weighted by atomic mass is 32.2. The average molecular weight is 222 g/mol. The molecule has 2 aromatic rings. The molecule has 0 aliphatic rings. The number of fused-ring (bicyclic) bond motifs is 1. The van der Waals surface area contributed by atoms with Gasteiger partial charge in [-0.2, -0.15) is 16.9 Å². The Morgan fingerprint density at radius 2 is 2.40 bits per heavy atom. The molecular formula is C10H14N4S. The van der Waals surface area contributed by atoms with Crippen LogP contribution in [0.2, 0.25) is 0 Å². The molecule has 0 aliphatic carbocycles. The smallest absolute Gasteiger partial charge is 0.152 e. The molecule has 1 atom stereocenters. The summed E-state index contributed by atoms with van der Waals surface area (Å²) < 4.78 is 1.82. The zero-order valence-corrected chi connectivity index (χ0v) is 9.66. The fourth-order valence-corrected chi connectivity index (χ4v) is 2.08. The molecule has 0 bridgehead atoms. The third-order valence-corrected chi connectivity index (χ3v) is 2.96. The second-order valence-electron chi connectivity index (χ2n) is 3.44. The van der Waals surface area contributed by atoms with E-state index in [0.29, 0.717) is 6.04 Å². The van der Waals surface area contributed by atoms with E-state index in [1.807, 2.05) is 28.5 Å². The third-order valence-electron chi connectivity index (χ3n) is 2.12. The summed E-state index contributed by atoms with van der Waals surface area (Å²) in [6.07, 6.45) is 7.49. The van der Waals surface area contributed by atoms with Gasteiger partial charge in [-0.15, -0.1) is 0 Å². The summed E-state index contributed by atoms with van der Waals surface area (Å²) in [5.41, 5.74) is 1.02. The van der Waals surface area contributed by atoms with Crippen LogP contribution in [0.3, 0.4) is 0 Å². The van der Waals surface area contributed by atoms with Crippen LogP contribution in [0.1, 0.15) is 6.92 Å². The monoisotopic (exact) mass is 222 g/mol. The minimum Gasteiger partial charge on any atom is -0.365 e. The first-order chi connectivity index (χ1) is 7.31. The van der Waals surface area contributed by atoms with Crippen molar-refractivity contribution in [2.45, 2.75) is 13.0 Å². The molecule has 0 saturated heterocycles. The van der Waals surface area contributed by atoms with Gasteiger partial charge in [0.05, 0.1) is 6.20 Å². The Morgan fingerprint density at radius 1 is 1.53 bits per heavy atom. The van der Waals surface area contributed by atoms with Crippen LogP contribution in [-0.4, -0.2) is 32.6 Å². The van der Waals surface area contributed by atoms with E-state index in [-0.39, 0.29) is 0 Å². The van der Waals surface area contributed by atoms with Gasteiger partial charge in [-0.05, 0) is 19.2 Å². The number of aromatic nitrogens is 3. The van der Waals surface area contributed by atoms with Gasteiger partial charge in [0.15, 0.2) is 5.82 Å². The highest BCUT2D eigenvalue weighted by Gasteiger charge is 2.06. The molecule has 1 unspecified atom stereocenters. The van der Waals surface area contributed by atoms with Crippen molar-refractivity contribution >= 4 is 23.1 Å². The van der Waals surface area contributed by atoms with Crippen LogP contribution in [0, 0.1) is 0 Å². The molecule has 0 aliphatic heterocycles. The van der Waals surface area contributed by atoms with E-state index < -0.39 is 0 Å². The summed E-state index contributed by atoms with van der Waals surface area (Å²) in [5, 5.41) is 7.54. The normalized spacial score (nSPS) is 12.9. The van der Waals surface area contributed by atoms with Gasteiger partial charge in [0.25, 0.3) is 0 Å². The maximum Gasteiger partial charge on any atom is 0.152 e. The molecule has 2 aromatic heterocycles. The first kappa shape index (κ1) is 10.3. The molecule has 2 rings (SSSR count). The molecule has 1 N–H and O–H groups in total. The molecular weight excluding hydrogens is 208 g/mol. The van der Waals surface area contributed by atoms with Crippen molar-refractivity contribution in [1.29, 1.82) is 0 Å². The fraction of sp³-hybridized carbons (Fsp3) is 0.400. The van der Waals surface area contributed by atoms with E-state index in [1.54, 1.807) is 12.4 Å². The van der Waals surface area contributed by atoms with Crippen molar-refractivity contribution in [3.8, 4) is 0 Å². The predicted octanol–water partition coefficient (Wildman–Crippen LogP) is 1.89. The highest BCUT2D eigenvalue weighted by Crippen LogP contribution is 2.14. The van der Waals surface area contributed by atoms with Crippen LogP contribution < -0.4 is 5.32 Å². The van der Waals surface area contributed by atoms with Crippen molar-refractivity contribution < 1.29 is 0 Å². The standard InChI is InChI=1S/C10H14N4S/c1-8(7-15-2)13-10-9-3-4-12-14(9)6-5-11-10/h3-6,8H,7H2,1-2H3,(H,11,13). The van der Waals surface area contributed by atoms with Crippen LogP contribution >= 0.6 is 11.8 Å². The summed E-state index contributed by atoms with van der Waals surface area (Å²) in [6, 6.07) is 2.37. The maximum absolute atomic E-state index is 4.32. The van der Waals surface area contributed by atoms with Gasteiger partial charge in [0.1, 0.15) is 5.52 Å². The first-order valence-electron chi connectivity index (χ1n) is 4.85. The average Bonchev–Trinajstić information content (AvgIpc) is 2.67. The zero-order chi connectivity index (χ0) is 10.7. The van der Waals surface area contributed by atoms with Crippen molar-refractivity contribution in [3.63, 3.8) is 0 Å². The van der Waals surface area contributed by atoms with E-state index in [4.69, 9.17) is 0 Å². The Bertz CT molecular complexity index is 440. The summed E-state index contributed by atoms with van der Waals surface area (Å²) in [5.74, 6) is 1.97. The van der Waals surface area contributed by atoms with Gasteiger partial charge >= 0.3 is 0 Å². The lowest BCUT2D eigenvalue weighted by atomic mass is 10.3. The largest absolute Gasteiger partial charge is 0.365 e. The Hall–Kier alpha value is -1.23. The Labute approximate surface area is 93.1 Å². The van der Waals surface area contributed by atoms with Crippen molar-refractivity contribution in [2.24, 2.45) is 0 Å². The molecule has 0 amide bonds. The summed E-state index contributed by atoms with van der Waals surface area (Å²) in [6.45, 7) is 2.15. The van der Waals surface area contributed by atoms with Gasteiger partial charge < -0.3 is 5.32 Å². The second kappa shape index (κ2) is 4.53. The number of hydrogen-bond acceptors (Lipinski definition) is 4. The van der Waals surface area contributed by atoms with Gasteiger partial charge in [-0.1, -0.05) is 0 Å². The van der Waals surface area contributed by atoms with Crippen LogP contribution in [0.15, 0.2) is 24.7 Å². The number of thioether (sulfide) groups is 1. The molecule has 0 spiro atoms. The Balaban J connectivity index is 2.23. The van der Waals surface area contributed by atoms with Gasteiger partial charge in [0.2, 0.25) is 0 Å². The van der Waals surface area contributed by atoms with Gasteiger partial charge in [0, 0.05) is 24.2 Å². The Kier molecular flexibility index (Phi) is 3.11. The topological polar surface area (TPSA) is 42.2 Å². The third kappa shape index (κ3) is 2.23. The highest BCUT2D eigenvalue weighted by molar-refractivity contribution is 7.98. The minimum absolute atomic E-state index is 0.411. The molecule has 4 nitrogen and oxygen atoms in total. The number of rotatable bonds is 4. The summed E-state index contributed by atoms with van der Waals surface area (Å²) in [4.78, 5) is 4.32. The van der Waals surface area contributed by atoms with Crippen molar-refractivity contribution in [2.75, 3.05) is 17.3 Å². The summed E-state index contributed by atoms with van der Waals surface area (Å²) in [7, 11) is 0. The summed E-state index contributed by atoms with van der Waals surface area (Å²) >= 11 is 1.82. The second-order valence-corrected chi connectivity index (χ2v) is 4.35. The quantitative estimate of drug-likeness (QED) is 0.858. The molecule has 0 saturated carbocycles. The van der Waals surface area contributed by atoms with Crippen LogP contribution in [0.5, 0.6) is 0 Å². The number of hydrogen-bond donors (Lipinski definition) is 1. The van der Waals surface area contributed by atoms with Crippen molar-refractivity contribution in [1.82, 2.24) is 14.6 Å². The molecule has 0 radical (unpaired) electrons. The minimum atomic E-state index is 0.411. The molecule has 80 valence electrons. The van der Waals surface area contributed by atoms with Crippen molar-refractivity contribution in [3.05, 3.63) is 24.7 Å². The van der Waals surface area contributed by atoms with Crippen LogP contribution in [0.4, 0.5) is 5.82 Å². The maximum atomic E-state index is 4.32. The van der Waals surface area contributed by atoms with E-state index in [0.717, 1.165) is 17.1 Å². The lowest BCUT2D eigenvalue weighted by Crippen LogP contribution is -2.19. The molecule has 5 heteroatoms. The SMILES string of the molecule is CSCC(C)Nc1nccn2nccc12. The van der Waals surface area contributed by atoms with E-state index >= 15 is 0 Å². The zero-order valence-electron chi connectivity index (χ0n) is 8.84. The van der Waals surface area contributed by atoms with Gasteiger partial charge in [-0.3, -0.25) is 0 Å². The van der Waals surface area contributed by atoms with E-state index in [2.05, 4.69) is 28.6 Å². The number of anilines is 1. The first-order valence-corrected chi connectivity index (χ1v) is 6.24. The lowest BCUT2D eigenvalue weighted by Gasteiger charge is -2.13. The van der Waals surface area contributed by atoms with Gasteiger partial charge in [-0.25, -0.2) is 9.50 Å². The molecule has 0 fully saturated rings. The molecule has 0 aromatic carbocycles. The van der Waals surface area contributed by atoms with E-state index in [1.165, 1.54) is 0 Å².